The Hall–Kier alpha value is -1.49. The molecule has 2 rings (SSSR count). The lowest BCUT2D eigenvalue weighted by molar-refractivity contribution is -0.0932. The van der Waals surface area contributed by atoms with Gasteiger partial charge in [-0.25, -0.2) is 5.01 Å². The molecule has 16 heavy (non-hydrogen) atoms. The largest absolute Gasteiger partial charge is 0.415 e. The minimum atomic E-state index is -4.25. The second-order valence-corrected chi connectivity index (χ2v) is 3.65. The van der Waals surface area contributed by atoms with E-state index in [1.54, 1.807) is 31.3 Å². The molecule has 0 unspecified atom stereocenters. The molecular formula is C11H11F3N2. The molecule has 0 saturated heterocycles. The monoisotopic (exact) mass is 228 g/mol. The maximum atomic E-state index is 12.5. The van der Waals surface area contributed by atoms with Gasteiger partial charge in [0.25, 0.3) is 0 Å². The molecule has 2 nitrogen and oxygen atoms in total. The van der Waals surface area contributed by atoms with E-state index < -0.39 is 11.7 Å². The van der Waals surface area contributed by atoms with E-state index in [-0.39, 0.29) is 6.54 Å². The van der Waals surface area contributed by atoms with Crippen LogP contribution < -0.4 is 5.01 Å². The van der Waals surface area contributed by atoms with E-state index in [1.165, 1.54) is 10.0 Å². The Labute approximate surface area is 91.5 Å². The standard InChI is InChI=1S/C11H11F3N2/c1-15-7-9(11(12,13)14)8-16(15)10-5-3-2-4-6-10/h2-6,8H,7H2,1H3. The molecule has 0 amide bonds. The fraction of sp³-hybridized carbons (Fsp3) is 0.273. The van der Waals surface area contributed by atoms with Gasteiger partial charge < -0.3 is 0 Å². The van der Waals surface area contributed by atoms with Crippen LogP contribution in [0.4, 0.5) is 18.9 Å². The number of hydrazine groups is 1. The molecule has 1 aromatic carbocycles. The van der Waals surface area contributed by atoms with Gasteiger partial charge in [-0.3, -0.25) is 5.01 Å². The van der Waals surface area contributed by atoms with Crippen molar-refractivity contribution in [1.82, 2.24) is 5.01 Å². The highest BCUT2D eigenvalue weighted by Gasteiger charge is 2.38. The third-order valence-corrected chi connectivity index (χ3v) is 2.43. The van der Waals surface area contributed by atoms with Crippen LogP contribution in [0.25, 0.3) is 0 Å². The highest BCUT2D eigenvalue weighted by Crippen LogP contribution is 2.32. The SMILES string of the molecule is CN1CC(C(F)(F)F)=CN1c1ccccc1. The molecule has 0 bridgehead atoms. The zero-order valence-corrected chi connectivity index (χ0v) is 8.70. The van der Waals surface area contributed by atoms with Crippen molar-refractivity contribution < 1.29 is 13.2 Å². The van der Waals surface area contributed by atoms with Gasteiger partial charge in [-0.2, -0.15) is 13.2 Å². The van der Waals surface area contributed by atoms with Gasteiger partial charge in [-0.1, -0.05) is 18.2 Å². The Morgan fingerprint density at radius 1 is 1.12 bits per heavy atom. The summed E-state index contributed by atoms with van der Waals surface area (Å²) >= 11 is 0. The maximum absolute atomic E-state index is 12.5. The lowest BCUT2D eigenvalue weighted by atomic mass is 10.3. The summed E-state index contributed by atoms with van der Waals surface area (Å²) in [6.07, 6.45) is -3.12. The molecule has 0 aromatic heterocycles. The molecule has 0 aliphatic carbocycles. The Kier molecular flexibility index (Phi) is 2.63. The zero-order chi connectivity index (χ0) is 11.8. The van der Waals surface area contributed by atoms with E-state index >= 15 is 0 Å². The van der Waals surface area contributed by atoms with Crippen LogP contribution >= 0.6 is 0 Å². The van der Waals surface area contributed by atoms with Crippen molar-refractivity contribution in [2.45, 2.75) is 6.18 Å². The van der Waals surface area contributed by atoms with Crippen molar-refractivity contribution in [1.29, 1.82) is 0 Å². The maximum Gasteiger partial charge on any atom is 0.415 e. The van der Waals surface area contributed by atoms with Crippen molar-refractivity contribution in [3.63, 3.8) is 0 Å². The lowest BCUT2D eigenvalue weighted by Crippen LogP contribution is -2.31. The summed E-state index contributed by atoms with van der Waals surface area (Å²) in [7, 11) is 1.63. The predicted octanol–water partition coefficient (Wildman–Crippen LogP) is 2.80. The van der Waals surface area contributed by atoms with Gasteiger partial charge in [0, 0.05) is 19.8 Å². The lowest BCUT2D eigenvalue weighted by Gasteiger charge is -2.24. The summed E-state index contributed by atoms with van der Waals surface area (Å²) < 4.78 is 37.5. The van der Waals surface area contributed by atoms with E-state index in [2.05, 4.69) is 0 Å². The molecule has 0 N–H and O–H groups in total. The normalized spacial score (nSPS) is 17.8. The van der Waals surface area contributed by atoms with E-state index in [9.17, 15) is 13.2 Å². The average molecular weight is 228 g/mol. The molecule has 0 radical (unpaired) electrons. The number of nitrogens with zero attached hydrogens (tertiary/aromatic N) is 2. The van der Waals surface area contributed by atoms with Crippen LogP contribution in [0.15, 0.2) is 42.1 Å². The minimum absolute atomic E-state index is 0.113. The molecule has 1 aliphatic rings. The van der Waals surface area contributed by atoms with Gasteiger partial charge in [0.2, 0.25) is 0 Å². The van der Waals surface area contributed by atoms with E-state index in [4.69, 9.17) is 0 Å². The fourth-order valence-electron chi connectivity index (χ4n) is 1.62. The third kappa shape index (κ3) is 2.04. The topological polar surface area (TPSA) is 6.48 Å². The molecule has 5 heteroatoms. The molecule has 0 fully saturated rings. The predicted molar refractivity (Wildman–Crippen MR) is 55.7 cm³/mol. The van der Waals surface area contributed by atoms with Crippen molar-refractivity contribution in [3.05, 3.63) is 42.1 Å². The third-order valence-electron chi connectivity index (χ3n) is 2.43. The molecule has 0 atom stereocenters. The van der Waals surface area contributed by atoms with Crippen LogP contribution in [0, 0.1) is 0 Å². The second kappa shape index (κ2) is 3.83. The summed E-state index contributed by atoms with van der Waals surface area (Å²) in [5.74, 6) is 0. The first-order valence-corrected chi connectivity index (χ1v) is 4.82. The van der Waals surface area contributed by atoms with Gasteiger partial charge in [0.05, 0.1) is 11.3 Å². The number of alkyl halides is 3. The number of rotatable bonds is 1. The summed E-state index contributed by atoms with van der Waals surface area (Å²) in [4.78, 5) is 0. The van der Waals surface area contributed by atoms with Gasteiger partial charge >= 0.3 is 6.18 Å². The molecule has 1 aliphatic heterocycles. The van der Waals surface area contributed by atoms with Gasteiger partial charge in [0.15, 0.2) is 0 Å². The van der Waals surface area contributed by atoms with Gasteiger partial charge in [-0.15, -0.1) is 0 Å². The number of benzene rings is 1. The first-order valence-electron chi connectivity index (χ1n) is 4.82. The Morgan fingerprint density at radius 3 is 2.25 bits per heavy atom. The molecule has 1 aromatic rings. The zero-order valence-electron chi connectivity index (χ0n) is 8.70. The summed E-state index contributed by atoms with van der Waals surface area (Å²) in [5.41, 5.74) is 0.197. The molecule has 0 saturated carbocycles. The Morgan fingerprint density at radius 2 is 1.75 bits per heavy atom. The van der Waals surface area contributed by atoms with Crippen LogP contribution in [-0.4, -0.2) is 24.8 Å². The average Bonchev–Trinajstić information content (AvgIpc) is 2.61. The smallest absolute Gasteiger partial charge is 0.281 e. The van der Waals surface area contributed by atoms with Gasteiger partial charge in [0.1, 0.15) is 0 Å². The highest BCUT2D eigenvalue weighted by molar-refractivity contribution is 5.50. The van der Waals surface area contributed by atoms with Gasteiger partial charge in [-0.05, 0) is 12.1 Å². The van der Waals surface area contributed by atoms with E-state index in [0.717, 1.165) is 11.9 Å². The van der Waals surface area contributed by atoms with E-state index in [0.29, 0.717) is 0 Å². The number of hydrogen-bond acceptors (Lipinski definition) is 2. The Balaban J connectivity index is 2.28. The Bertz CT molecular complexity index is 397. The molecule has 0 spiro atoms. The number of anilines is 1. The first-order chi connectivity index (χ1) is 7.48. The van der Waals surface area contributed by atoms with Crippen LogP contribution in [0.2, 0.25) is 0 Å². The number of hydrogen-bond donors (Lipinski definition) is 0. The summed E-state index contributed by atoms with van der Waals surface area (Å²) in [5, 5.41) is 3.03. The fourth-order valence-corrected chi connectivity index (χ4v) is 1.62. The van der Waals surface area contributed by atoms with Crippen molar-refractivity contribution >= 4 is 5.69 Å². The summed E-state index contributed by atoms with van der Waals surface area (Å²) in [6.45, 7) is -0.113. The number of para-hydroxylation sites is 1. The number of halogens is 3. The minimum Gasteiger partial charge on any atom is -0.281 e. The molecule has 86 valence electrons. The van der Waals surface area contributed by atoms with Crippen LogP contribution in [0.5, 0.6) is 0 Å². The number of likely N-dealkylation sites (N-methyl/N-ethyl adjacent to an activating group) is 1. The van der Waals surface area contributed by atoms with E-state index in [1.807, 2.05) is 6.07 Å². The van der Waals surface area contributed by atoms with Crippen molar-refractivity contribution in [2.24, 2.45) is 0 Å². The van der Waals surface area contributed by atoms with Crippen molar-refractivity contribution in [2.75, 3.05) is 18.6 Å². The van der Waals surface area contributed by atoms with Crippen LogP contribution in [-0.2, 0) is 0 Å². The first kappa shape index (κ1) is 11.0. The quantitative estimate of drug-likeness (QED) is 0.729. The van der Waals surface area contributed by atoms with Crippen molar-refractivity contribution in [3.8, 4) is 0 Å². The van der Waals surface area contributed by atoms with Crippen LogP contribution in [0.3, 0.4) is 0 Å². The second-order valence-electron chi connectivity index (χ2n) is 3.65. The highest BCUT2D eigenvalue weighted by atomic mass is 19.4. The van der Waals surface area contributed by atoms with Crippen LogP contribution in [0.1, 0.15) is 0 Å². The molecule has 1 heterocycles. The summed E-state index contributed by atoms with van der Waals surface area (Å²) in [6, 6.07) is 8.96. The molecular weight excluding hydrogens is 217 g/mol.